The Morgan fingerprint density at radius 2 is 2.00 bits per heavy atom. The first-order valence-electron chi connectivity index (χ1n) is 6.18. The van der Waals surface area contributed by atoms with Gasteiger partial charge in [0.25, 0.3) is 5.91 Å². The summed E-state index contributed by atoms with van der Waals surface area (Å²) in [6, 6.07) is 5.00. The summed E-state index contributed by atoms with van der Waals surface area (Å²) in [5, 5.41) is 2.77. The summed E-state index contributed by atoms with van der Waals surface area (Å²) >= 11 is 0. The van der Waals surface area contributed by atoms with Crippen LogP contribution in [0.15, 0.2) is 24.3 Å². The maximum Gasteiger partial charge on any atom is 0.573 e. The Hall–Kier alpha value is -1.76. The van der Waals surface area contributed by atoms with Crippen LogP contribution < -0.4 is 10.1 Å². The van der Waals surface area contributed by atoms with Crippen molar-refractivity contribution in [2.24, 2.45) is 0 Å². The minimum Gasteiger partial charge on any atom is -0.406 e. The molecule has 0 saturated carbocycles. The van der Waals surface area contributed by atoms with Crippen LogP contribution in [-0.4, -0.2) is 31.5 Å². The molecule has 1 aromatic carbocycles. The van der Waals surface area contributed by atoms with E-state index >= 15 is 0 Å². The summed E-state index contributed by atoms with van der Waals surface area (Å²) in [4.78, 5) is 11.9. The largest absolute Gasteiger partial charge is 0.573 e. The molecule has 1 aliphatic rings. The highest BCUT2D eigenvalue weighted by Crippen LogP contribution is 2.23. The number of benzene rings is 1. The Labute approximate surface area is 113 Å². The Kier molecular flexibility index (Phi) is 4.49. The van der Waals surface area contributed by atoms with Crippen LogP contribution in [-0.2, 0) is 4.74 Å². The molecule has 110 valence electrons. The van der Waals surface area contributed by atoms with Gasteiger partial charge in [-0.1, -0.05) is 6.07 Å². The number of carbonyl (C=O) groups excluding carboxylic acids is 1. The number of halogens is 3. The molecule has 1 aliphatic heterocycles. The van der Waals surface area contributed by atoms with Gasteiger partial charge in [-0.15, -0.1) is 13.2 Å². The topological polar surface area (TPSA) is 47.6 Å². The molecule has 7 heteroatoms. The predicted molar refractivity (Wildman–Crippen MR) is 64.4 cm³/mol. The van der Waals surface area contributed by atoms with Crippen LogP contribution >= 0.6 is 0 Å². The van der Waals surface area contributed by atoms with Gasteiger partial charge in [0.05, 0.1) is 0 Å². The number of ether oxygens (including phenoxy) is 2. The van der Waals surface area contributed by atoms with Crippen molar-refractivity contribution in [3.8, 4) is 5.75 Å². The third kappa shape index (κ3) is 4.41. The molecule has 0 bridgehead atoms. The van der Waals surface area contributed by atoms with Crippen LogP contribution in [0.5, 0.6) is 5.75 Å². The summed E-state index contributed by atoms with van der Waals surface area (Å²) in [7, 11) is 0. The molecule has 0 unspecified atom stereocenters. The molecule has 20 heavy (non-hydrogen) atoms. The summed E-state index contributed by atoms with van der Waals surface area (Å²) in [5.41, 5.74) is 0.137. The van der Waals surface area contributed by atoms with Gasteiger partial charge in [-0.05, 0) is 31.0 Å². The van der Waals surface area contributed by atoms with E-state index in [-0.39, 0.29) is 11.6 Å². The Balaban J connectivity index is 2.00. The van der Waals surface area contributed by atoms with E-state index in [0.717, 1.165) is 12.1 Å². The average Bonchev–Trinajstić information content (AvgIpc) is 2.38. The molecule has 0 radical (unpaired) electrons. The van der Waals surface area contributed by atoms with Crippen LogP contribution in [0.2, 0.25) is 0 Å². The number of carbonyl (C=O) groups is 1. The second kappa shape index (κ2) is 6.13. The van der Waals surface area contributed by atoms with E-state index < -0.39 is 18.0 Å². The fourth-order valence-corrected chi connectivity index (χ4v) is 1.95. The summed E-state index contributed by atoms with van der Waals surface area (Å²) < 4.78 is 45.3. The van der Waals surface area contributed by atoms with Crippen molar-refractivity contribution in [2.75, 3.05) is 13.2 Å². The van der Waals surface area contributed by atoms with Crippen molar-refractivity contribution in [1.82, 2.24) is 5.32 Å². The van der Waals surface area contributed by atoms with Gasteiger partial charge in [-0.3, -0.25) is 4.79 Å². The minimum atomic E-state index is -4.77. The van der Waals surface area contributed by atoms with Crippen LogP contribution in [0.25, 0.3) is 0 Å². The Bertz CT molecular complexity index is 470. The van der Waals surface area contributed by atoms with Crippen molar-refractivity contribution in [3.63, 3.8) is 0 Å². The monoisotopic (exact) mass is 289 g/mol. The lowest BCUT2D eigenvalue weighted by molar-refractivity contribution is -0.274. The lowest BCUT2D eigenvalue weighted by Gasteiger charge is -2.23. The second-order valence-electron chi connectivity index (χ2n) is 4.44. The molecule has 1 aromatic rings. The normalized spacial score (nSPS) is 16.8. The van der Waals surface area contributed by atoms with Crippen LogP contribution in [0.3, 0.4) is 0 Å². The number of hydrogen-bond acceptors (Lipinski definition) is 3. The molecule has 1 heterocycles. The van der Waals surface area contributed by atoms with Gasteiger partial charge in [-0.2, -0.15) is 0 Å². The predicted octanol–water partition coefficient (Wildman–Crippen LogP) is 2.49. The van der Waals surface area contributed by atoms with E-state index in [2.05, 4.69) is 10.1 Å². The number of nitrogens with one attached hydrogen (secondary N) is 1. The fourth-order valence-electron chi connectivity index (χ4n) is 1.95. The summed E-state index contributed by atoms with van der Waals surface area (Å²) in [6.07, 6.45) is -3.37. The molecular weight excluding hydrogens is 275 g/mol. The van der Waals surface area contributed by atoms with Crippen LogP contribution in [0.4, 0.5) is 13.2 Å². The number of hydrogen-bond donors (Lipinski definition) is 1. The van der Waals surface area contributed by atoms with Gasteiger partial charge in [0.1, 0.15) is 5.75 Å². The molecule has 0 atom stereocenters. The Morgan fingerprint density at radius 1 is 1.30 bits per heavy atom. The Morgan fingerprint density at radius 3 is 2.65 bits per heavy atom. The lowest BCUT2D eigenvalue weighted by atomic mass is 10.1. The number of amides is 1. The molecule has 1 amide bonds. The van der Waals surface area contributed by atoms with E-state index in [1.54, 1.807) is 0 Å². The zero-order chi connectivity index (χ0) is 14.6. The van der Waals surface area contributed by atoms with E-state index in [1.165, 1.54) is 12.1 Å². The number of rotatable bonds is 3. The van der Waals surface area contributed by atoms with E-state index in [9.17, 15) is 18.0 Å². The molecule has 1 fully saturated rings. The third-order valence-corrected chi connectivity index (χ3v) is 2.89. The zero-order valence-corrected chi connectivity index (χ0v) is 10.6. The van der Waals surface area contributed by atoms with Gasteiger partial charge in [0.15, 0.2) is 0 Å². The first kappa shape index (κ1) is 14.6. The molecule has 0 aliphatic carbocycles. The summed E-state index contributed by atoms with van der Waals surface area (Å²) in [5.74, 6) is -0.818. The van der Waals surface area contributed by atoms with E-state index in [4.69, 9.17) is 4.74 Å². The standard InChI is InChI=1S/C13H14F3NO3/c14-13(15,16)20-11-3-1-2-9(8-11)12(18)17-10-4-6-19-7-5-10/h1-3,8,10H,4-7H2,(H,17,18). The van der Waals surface area contributed by atoms with Gasteiger partial charge in [0, 0.05) is 24.8 Å². The highest BCUT2D eigenvalue weighted by atomic mass is 19.4. The smallest absolute Gasteiger partial charge is 0.406 e. The van der Waals surface area contributed by atoms with Crippen molar-refractivity contribution >= 4 is 5.91 Å². The maximum absolute atomic E-state index is 12.1. The molecule has 2 rings (SSSR count). The minimum absolute atomic E-state index is 0.0107. The van der Waals surface area contributed by atoms with Crippen molar-refractivity contribution in [3.05, 3.63) is 29.8 Å². The van der Waals surface area contributed by atoms with Gasteiger partial charge in [0.2, 0.25) is 0 Å². The SMILES string of the molecule is O=C(NC1CCOCC1)c1cccc(OC(F)(F)F)c1. The second-order valence-corrected chi connectivity index (χ2v) is 4.44. The first-order chi connectivity index (χ1) is 9.44. The molecule has 0 aromatic heterocycles. The quantitative estimate of drug-likeness (QED) is 0.930. The molecular formula is C13H14F3NO3. The van der Waals surface area contributed by atoms with Crippen LogP contribution in [0.1, 0.15) is 23.2 Å². The van der Waals surface area contributed by atoms with Gasteiger partial charge < -0.3 is 14.8 Å². The summed E-state index contributed by atoms with van der Waals surface area (Å²) in [6.45, 7) is 1.14. The fraction of sp³-hybridized carbons (Fsp3) is 0.462. The van der Waals surface area contributed by atoms with Crippen LogP contribution in [0, 0.1) is 0 Å². The molecule has 1 N–H and O–H groups in total. The molecule has 1 saturated heterocycles. The van der Waals surface area contributed by atoms with Gasteiger partial charge >= 0.3 is 6.36 Å². The highest BCUT2D eigenvalue weighted by molar-refractivity contribution is 5.94. The number of alkyl halides is 3. The lowest BCUT2D eigenvalue weighted by Crippen LogP contribution is -2.38. The maximum atomic E-state index is 12.1. The van der Waals surface area contributed by atoms with Crippen molar-refractivity contribution in [1.29, 1.82) is 0 Å². The van der Waals surface area contributed by atoms with Crippen molar-refractivity contribution in [2.45, 2.75) is 25.2 Å². The highest BCUT2D eigenvalue weighted by Gasteiger charge is 2.31. The first-order valence-corrected chi connectivity index (χ1v) is 6.18. The average molecular weight is 289 g/mol. The molecule has 0 spiro atoms. The van der Waals surface area contributed by atoms with E-state index in [0.29, 0.717) is 26.1 Å². The van der Waals surface area contributed by atoms with Gasteiger partial charge in [-0.25, -0.2) is 0 Å². The third-order valence-electron chi connectivity index (χ3n) is 2.89. The molecule has 4 nitrogen and oxygen atoms in total. The van der Waals surface area contributed by atoms with Crippen molar-refractivity contribution < 1.29 is 27.4 Å². The van der Waals surface area contributed by atoms with E-state index in [1.807, 2.05) is 0 Å². The zero-order valence-electron chi connectivity index (χ0n) is 10.6.